The third-order valence-corrected chi connectivity index (χ3v) is 6.68. The van der Waals surface area contributed by atoms with Crippen molar-refractivity contribution < 1.29 is 18.7 Å². The maximum absolute atomic E-state index is 14.2. The lowest BCUT2D eigenvalue weighted by molar-refractivity contribution is 0.0963. The average molecular weight is 553 g/mol. The van der Waals surface area contributed by atoms with Crippen LogP contribution in [0.5, 0.6) is 11.5 Å². The first kappa shape index (κ1) is 30.5. The van der Waals surface area contributed by atoms with Crippen LogP contribution < -0.4 is 30.7 Å². The van der Waals surface area contributed by atoms with Crippen LogP contribution in [0.15, 0.2) is 58.6 Å². The number of hydrogen-bond acceptors (Lipinski definition) is 8. The van der Waals surface area contributed by atoms with E-state index in [4.69, 9.17) is 9.47 Å². The van der Waals surface area contributed by atoms with Crippen molar-refractivity contribution in [3.63, 3.8) is 0 Å². The number of nitrogens with zero attached hydrogens (tertiary/aromatic N) is 2. The summed E-state index contributed by atoms with van der Waals surface area (Å²) in [5.41, 5.74) is 4.34. The summed E-state index contributed by atoms with van der Waals surface area (Å²) in [6, 6.07) is 7.80. The number of halogens is 1. The van der Waals surface area contributed by atoms with Gasteiger partial charge in [-0.1, -0.05) is 12.5 Å². The maximum atomic E-state index is 14.2. The van der Waals surface area contributed by atoms with Gasteiger partial charge in [-0.05, 0) is 52.2 Å². The van der Waals surface area contributed by atoms with E-state index >= 15 is 0 Å². The molecule has 0 radical (unpaired) electrons. The highest BCUT2D eigenvalue weighted by Gasteiger charge is 2.24. The van der Waals surface area contributed by atoms with Crippen molar-refractivity contribution in [2.75, 3.05) is 31.9 Å². The molecular weight excluding hydrogens is 511 g/mol. The minimum atomic E-state index is -1.22. The molecule has 1 aliphatic carbocycles. The van der Waals surface area contributed by atoms with Crippen LogP contribution in [0.1, 0.15) is 62.9 Å². The van der Waals surface area contributed by atoms with Crippen LogP contribution in [0.3, 0.4) is 0 Å². The molecule has 1 heterocycles. The minimum Gasteiger partial charge on any atom is -0.497 e. The van der Waals surface area contributed by atoms with Gasteiger partial charge in [0.05, 0.1) is 31.2 Å². The summed E-state index contributed by atoms with van der Waals surface area (Å²) in [5, 5.41) is 12.8. The van der Waals surface area contributed by atoms with Crippen molar-refractivity contribution in [3.05, 3.63) is 64.8 Å². The second-order valence-electron chi connectivity index (χ2n) is 9.72. The fourth-order valence-electron chi connectivity index (χ4n) is 3.75. The Morgan fingerprint density at radius 2 is 1.98 bits per heavy atom. The van der Waals surface area contributed by atoms with Crippen LogP contribution in [0.2, 0.25) is 0 Å². The van der Waals surface area contributed by atoms with Crippen molar-refractivity contribution in [1.29, 1.82) is 0 Å². The number of aliphatic imine (C=N–C) groups is 1. The Balaban J connectivity index is 1.96. The number of nitrogens with one attached hydrogen (secondary N) is 4. The predicted molar refractivity (Wildman–Crippen MR) is 159 cm³/mol. The summed E-state index contributed by atoms with van der Waals surface area (Å²) in [7, 11) is 4.83. The number of amides is 1. The largest absolute Gasteiger partial charge is 0.497 e. The Hall–Kier alpha value is -4.08. The molecule has 1 saturated carbocycles. The van der Waals surface area contributed by atoms with E-state index in [0.717, 1.165) is 36.1 Å². The fourth-order valence-corrected chi connectivity index (χ4v) is 3.75. The third kappa shape index (κ3) is 8.46. The molecule has 10 heteroatoms. The van der Waals surface area contributed by atoms with Gasteiger partial charge in [-0.3, -0.25) is 4.79 Å². The Kier molecular flexibility index (Phi) is 10.9. The third-order valence-electron chi connectivity index (χ3n) is 6.68. The molecule has 1 aromatic heterocycles. The fraction of sp³-hybridized carbons (Fsp3) is 0.433. The van der Waals surface area contributed by atoms with E-state index in [1.807, 2.05) is 31.2 Å². The number of ether oxygens (including phenoxy) is 2. The highest BCUT2D eigenvalue weighted by molar-refractivity contribution is 5.99. The van der Waals surface area contributed by atoms with Crippen LogP contribution in [0.25, 0.3) is 0 Å². The quantitative estimate of drug-likeness (QED) is 0.179. The van der Waals surface area contributed by atoms with E-state index in [2.05, 4.69) is 38.2 Å². The zero-order valence-corrected chi connectivity index (χ0v) is 24.4. The molecule has 1 aliphatic rings. The first-order valence-electron chi connectivity index (χ1n) is 13.5. The second kappa shape index (κ2) is 14.3. The SMILES string of the molecule is CC/C(C)=C(/C=C(\N=C(/C)C(C)F)Nc1cc(NC2CC2)c(C(=O)NC)cn1)NCc1ccc(OC)cc1OC. The van der Waals surface area contributed by atoms with Crippen molar-refractivity contribution in [3.8, 4) is 11.5 Å². The number of pyridine rings is 1. The molecule has 4 N–H and O–H groups in total. The molecule has 3 rings (SSSR count). The molecule has 0 bridgehead atoms. The van der Waals surface area contributed by atoms with Gasteiger partial charge in [0.2, 0.25) is 0 Å². The average Bonchev–Trinajstić information content (AvgIpc) is 3.78. The molecule has 1 amide bonds. The summed E-state index contributed by atoms with van der Waals surface area (Å²) in [5.74, 6) is 2.09. The van der Waals surface area contributed by atoms with E-state index < -0.39 is 6.17 Å². The molecule has 0 spiro atoms. The van der Waals surface area contributed by atoms with Crippen LogP contribution in [0, 0.1) is 0 Å². The number of carbonyl (C=O) groups is 1. The first-order chi connectivity index (χ1) is 19.2. The standard InChI is InChI=1S/C30H41FN6O3/c1-8-18(2)25(33-16-21-9-12-23(39-6)13-27(21)40-7)14-29(35-20(4)19(3)31)37-28-15-26(36-22-10-11-22)24(17-34-28)30(38)32-5/h9,12-15,17,19,22,33H,8,10-11,16H2,1-7H3,(H,32,38)(H2,34,36,37)/b25-18-,29-14+,35-20+. The van der Waals surface area contributed by atoms with E-state index in [0.29, 0.717) is 52.7 Å². The van der Waals surface area contributed by atoms with Gasteiger partial charge in [0.25, 0.3) is 5.91 Å². The number of allylic oxidation sites excluding steroid dienone is 2. The van der Waals surface area contributed by atoms with Gasteiger partial charge >= 0.3 is 0 Å². The van der Waals surface area contributed by atoms with Crippen LogP contribution >= 0.6 is 0 Å². The number of benzene rings is 1. The summed E-state index contributed by atoms with van der Waals surface area (Å²) < 4.78 is 25.0. The Labute approximate surface area is 236 Å². The zero-order chi connectivity index (χ0) is 29.2. The summed E-state index contributed by atoms with van der Waals surface area (Å²) in [6.45, 7) is 7.68. The number of aromatic nitrogens is 1. The van der Waals surface area contributed by atoms with Crippen molar-refractivity contribution >= 4 is 23.1 Å². The molecular formula is C30H41FN6O3. The van der Waals surface area contributed by atoms with Crippen molar-refractivity contribution in [2.45, 2.75) is 65.7 Å². The summed E-state index contributed by atoms with van der Waals surface area (Å²) >= 11 is 0. The monoisotopic (exact) mass is 552 g/mol. The number of carbonyl (C=O) groups excluding carboxylic acids is 1. The molecule has 9 nitrogen and oxygen atoms in total. The van der Waals surface area contributed by atoms with Crippen LogP contribution in [-0.2, 0) is 6.54 Å². The lowest BCUT2D eigenvalue weighted by Crippen LogP contribution is -2.21. The Bertz CT molecular complexity index is 1280. The van der Waals surface area contributed by atoms with Gasteiger partial charge in [-0.2, -0.15) is 0 Å². The molecule has 40 heavy (non-hydrogen) atoms. The highest BCUT2D eigenvalue weighted by Crippen LogP contribution is 2.29. The Morgan fingerprint density at radius 1 is 1.23 bits per heavy atom. The number of methoxy groups -OCH3 is 2. The summed E-state index contributed by atoms with van der Waals surface area (Å²) in [4.78, 5) is 21.4. The van der Waals surface area contributed by atoms with Crippen LogP contribution in [0.4, 0.5) is 15.9 Å². The maximum Gasteiger partial charge on any atom is 0.254 e. The normalized spacial score (nSPS) is 15.1. The lowest BCUT2D eigenvalue weighted by atomic mass is 10.1. The number of alkyl halides is 1. The number of anilines is 2. The topological polar surface area (TPSA) is 109 Å². The van der Waals surface area contributed by atoms with Gasteiger partial charge in [0, 0.05) is 55.3 Å². The van der Waals surface area contributed by atoms with Gasteiger partial charge in [0.1, 0.15) is 29.3 Å². The molecule has 0 saturated heterocycles. The van der Waals surface area contributed by atoms with E-state index in [1.54, 1.807) is 34.3 Å². The molecule has 1 fully saturated rings. The smallest absolute Gasteiger partial charge is 0.254 e. The van der Waals surface area contributed by atoms with Crippen LogP contribution in [-0.4, -0.2) is 50.1 Å². The van der Waals surface area contributed by atoms with Gasteiger partial charge in [0.15, 0.2) is 0 Å². The predicted octanol–water partition coefficient (Wildman–Crippen LogP) is 5.58. The second-order valence-corrected chi connectivity index (χ2v) is 9.72. The van der Waals surface area contributed by atoms with Gasteiger partial charge in [-0.25, -0.2) is 14.4 Å². The van der Waals surface area contributed by atoms with Gasteiger partial charge in [-0.15, -0.1) is 0 Å². The van der Waals surface area contributed by atoms with E-state index in [1.165, 1.54) is 13.1 Å². The minimum absolute atomic E-state index is 0.222. The number of rotatable bonds is 14. The molecule has 1 unspecified atom stereocenters. The highest BCUT2D eigenvalue weighted by atomic mass is 19.1. The van der Waals surface area contributed by atoms with Crippen molar-refractivity contribution in [2.24, 2.45) is 4.99 Å². The van der Waals surface area contributed by atoms with E-state index in [-0.39, 0.29) is 5.91 Å². The van der Waals surface area contributed by atoms with Crippen molar-refractivity contribution in [1.82, 2.24) is 15.6 Å². The van der Waals surface area contributed by atoms with Gasteiger partial charge < -0.3 is 30.7 Å². The molecule has 0 aliphatic heterocycles. The molecule has 2 aromatic rings. The van der Waals surface area contributed by atoms with E-state index in [9.17, 15) is 9.18 Å². The Morgan fingerprint density at radius 3 is 2.58 bits per heavy atom. The summed E-state index contributed by atoms with van der Waals surface area (Å²) in [6.07, 6.45) is 5.05. The molecule has 216 valence electrons. The lowest BCUT2D eigenvalue weighted by Gasteiger charge is -2.17. The molecule has 1 aromatic carbocycles. The zero-order valence-electron chi connectivity index (χ0n) is 24.4. The first-order valence-corrected chi connectivity index (χ1v) is 13.5. The number of hydrogen-bond donors (Lipinski definition) is 4. The molecule has 1 atom stereocenters.